The zero-order chi connectivity index (χ0) is 11.4. The van der Waals surface area contributed by atoms with E-state index in [1.807, 2.05) is 20.8 Å². The maximum absolute atomic E-state index is 11.4. The summed E-state index contributed by atoms with van der Waals surface area (Å²) in [6.07, 6.45) is 0.150. The van der Waals surface area contributed by atoms with Gasteiger partial charge in [-0.1, -0.05) is 6.92 Å². The number of hydrogen-bond acceptors (Lipinski definition) is 4. The van der Waals surface area contributed by atoms with Gasteiger partial charge in [-0.05, 0) is 20.8 Å². The first-order valence-corrected chi connectivity index (χ1v) is 4.75. The fourth-order valence-electron chi connectivity index (χ4n) is 0.919. The monoisotopic (exact) mass is 203 g/mol. The third-order valence-electron chi connectivity index (χ3n) is 1.87. The van der Waals surface area contributed by atoms with E-state index >= 15 is 0 Å². The van der Waals surface area contributed by atoms with Crippen molar-refractivity contribution in [3.8, 4) is 0 Å². The predicted molar refractivity (Wildman–Crippen MR) is 54.7 cm³/mol. The Morgan fingerprint density at radius 1 is 1.36 bits per heavy atom. The molecule has 0 aromatic carbocycles. The fourth-order valence-corrected chi connectivity index (χ4v) is 0.919. The van der Waals surface area contributed by atoms with Gasteiger partial charge in [0.2, 0.25) is 0 Å². The number of aliphatic hydroxyl groups is 1. The number of carbonyl (C=O) groups is 1. The minimum Gasteiger partial charge on any atom is -0.460 e. The smallest absolute Gasteiger partial charge is 0.306 e. The highest BCUT2D eigenvalue weighted by Gasteiger charge is 2.28. The number of hydrogen-bond donors (Lipinski definition) is 2. The average molecular weight is 203 g/mol. The van der Waals surface area contributed by atoms with Crippen LogP contribution in [0.2, 0.25) is 0 Å². The summed E-state index contributed by atoms with van der Waals surface area (Å²) >= 11 is 0. The quantitative estimate of drug-likeness (QED) is 0.659. The van der Waals surface area contributed by atoms with Crippen LogP contribution in [0.3, 0.4) is 0 Å². The second kappa shape index (κ2) is 4.75. The first-order chi connectivity index (χ1) is 6.22. The molecule has 0 aliphatic rings. The van der Waals surface area contributed by atoms with Crippen molar-refractivity contribution in [3.63, 3.8) is 0 Å². The molecule has 0 heterocycles. The van der Waals surface area contributed by atoms with E-state index in [0.29, 0.717) is 0 Å². The van der Waals surface area contributed by atoms with E-state index < -0.39 is 11.0 Å². The highest BCUT2D eigenvalue weighted by Crippen LogP contribution is 2.21. The van der Waals surface area contributed by atoms with Crippen molar-refractivity contribution >= 4 is 5.97 Å². The first-order valence-electron chi connectivity index (χ1n) is 4.75. The Hall–Kier alpha value is -0.610. The van der Waals surface area contributed by atoms with Gasteiger partial charge in [-0.25, -0.2) is 0 Å². The van der Waals surface area contributed by atoms with Gasteiger partial charge in [0.25, 0.3) is 0 Å². The van der Waals surface area contributed by atoms with Crippen LogP contribution in [0.4, 0.5) is 0 Å². The lowest BCUT2D eigenvalue weighted by Crippen LogP contribution is -2.36. The highest BCUT2D eigenvalue weighted by atomic mass is 16.6. The van der Waals surface area contributed by atoms with E-state index in [2.05, 4.69) is 0 Å². The molecule has 0 saturated carbocycles. The lowest BCUT2D eigenvalue weighted by molar-refractivity contribution is -0.158. The van der Waals surface area contributed by atoms with Gasteiger partial charge in [0.05, 0.1) is 13.0 Å². The molecule has 3 N–H and O–H groups in total. The highest BCUT2D eigenvalue weighted by molar-refractivity contribution is 5.70. The predicted octanol–water partition coefficient (Wildman–Crippen LogP) is 0.675. The molecule has 0 rings (SSSR count). The summed E-state index contributed by atoms with van der Waals surface area (Å²) in [5.74, 6) is -0.320. The minimum atomic E-state index is -0.567. The standard InChI is InChI=1S/C10H21NO3/c1-9(2,3)14-8(13)5-10(4,6-11)7-12/h12H,5-7,11H2,1-4H3. The van der Waals surface area contributed by atoms with Crippen LogP contribution in [0.5, 0.6) is 0 Å². The van der Waals surface area contributed by atoms with Gasteiger partial charge in [0.1, 0.15) is 5.60 Å². The van der Waals surface area contributed by atoms with Gasteiger partial charge in [-0.3, -0.25) is 4.79 Å². The lowest BCUT2D eigenvalue weighted by Gasteiger charge is -2.27. The third-order valence-corrected chi connectivity index (χ3v) is 1.87. The first kappa shape index (κ1) is 13.4. The molecule has 84 valence electrons. The second-order valence-corrected chi connectivity index (χ2v) is 4.94. The number of carbonyl (C=O) groups excluding carboxylic acids is 1. The van der Waals surface area contributed by atoms with Crippen LogP contribution in [0.15, 0.2) is 0 Å². The molecule has 0 aliphatic heterocycles. The van der Waals surface area contributed by atoms with Crippen LogP contribution in [-0.4, -0.2) is 29.8 Å². The molecule has 1 unspecified atom stereocenters. The maximum atomic E-state index is 11.4. The molecule has 0 radical (unpaired) electrons. The van der Waals surface area contributed by atoms with E-state index in [4.69, 9.17) is 15.6 Å². The Morgan fingerprint density at radius 3 is 2.14 bits per heavy atom. The third kappa shape index (κ3) is 5.19. The van der Waals surface area contributed by atoms with E-state index in [0.717, 1.165) is 0 Å². The maximum Gasteiger partial charge on any atom is 0.306 e. The summed E-state index contributed by atoms with van der Waals surface area (Å²) in [4.78, 5) is 11.4. The molecule has 0 fully saturated rings. The molecule has 1 atom stereocenters. The molecule has 4 nitrogen and oxygen atoms in total. The number of nitrogens with two attached hydrogens (primary N) is 1. The zero-order valence-electron chi connectivity index (χ0n) is 9.46. The van der Waals surface area contributed by atoms with Gasteiger partial charge in [-0.15, -0.1) is 0 Å². The summed E-state index contributed by atoms with van der Waals surface area (Å²) in [6.45, 7) is 7.35. The Morgan fingerprint density at radius 2 is 1.86 bits per heavy atom. The summed E-state index contributed by atoms with van der Waals surface area (Å²) < 4.78 is 5.13. The van der Waals surface area contributed by atoms with Gasteiger partial charge in [0.15, 0.2) is 0 Å². The number of ether oxygens (including phenoxy) is 1. The van der Waals surface area contributed by atoms with E-state index in [1.165, 1.54) is 0 Å². The molecule has 0 aliphatic carbocycles. The van der Waals surface area contributed by atoms with Crippen LogP contribution in [0.25, 0.3) is 0 Å². The van der Waals surface area contributed by atoms with Crippen molar-refractivity contribution in [2.24, 2.45) is 11.1 Å². The van der Waals surface area contributed by atoms with Crippen molar-refractivity contribution in [1.82, 2.24) is 0 Å². The largest absolute Gasteiger partial charge is 0.460 e. The Labute approximate surface area is 85.4 Å². The van der Waals surface area contributed by atoms with Crippen LogP contribution < -0.4 is 5.73 Å². The van der Waals surface area contributed by atoms with Crippen LogP contribution in [-0.2, 0) is 9.53 Å². The summed E-state index contributed by atoms with van der Waals surface area (Å²) in [5, 5.41) is 9.04. The molecule has 0 amide bonds. The molecule has 0 bridgehead atoms. The molecule has 0 saturated heterocycles. The normalized spacial score (nSPS) is 16.1. The van der Waals surface area contributed by atoms with E-state index in [9.17, 15) is 4.79 Å². The van der Waals surface area contributed by atoms with Gasteiger partial charge in [0, 0.05) is 12.0 Å². The summed E-state index contributed by atoms with van der Waals surface area (Å²) in [6, 6.07) is 0. The van der Waals surface area contributed by atoms with Crippen LogP contribution >= 0.6 is 0 Å². The second-order valence-electron chi connectivity index (χ2n) is 4.94. The molecule has 0 spiro atoms. The molecular formula is C10H21NO3. The molecule has 14 heavy (non-hydrogen) atoms. The SMILES string of the molecule is CC(CN)(CO)CC(=O)OC(C)(C)C. The van der Waals surface area contributed by atoms with Gasteiger partial charge >= 0.3 is 5.97 Å². The van der Waals surface area contributed by atoms with Crippen molar-refractivity contribution in [1.29, 1.82) is 0 Å². The van der Waals surface area contributed by atoms with Gasteiger partial charge in [-0.2, -0.15) is 0 Å². The number of esters is 1. The van der Waals surface area contributed by atoms with Crippen molar-refractivity contribution in [2.45, 2.75) is 39.7 Å². The Balaban J connectivity index is 4.18. The van der Waals surface area contributed by atoms with E-state index in [-0.39, 0.29) is 25.5 Å². The van der Waals surface area contributed by atoms with Crippen molar-refractivity contribution in [3.05, 3.63) is 0 Å². The zero-order valence-corrected chi connectivity index (χ0v) is 9.46. The van der Waals surface area contributed by atoms with Crippen LogP contribution in [0.1, 0.15) is 34.1 Å². The van der Waals surface area contributed by atoms with E-state index in [1.54, 1.807) is 6.92 Å². The molecular weight excluding hydrogens is 182 g/mol. The number of rotatable bonds is 4. The fraction of sp³-hybridized carbons (Fsp3) is 0.900. The molecule has 0 aromatic heterocycles. The van der Waals surface area contributed by atoms with Crippen LogP contribution in [0, 0.1) is 5.41 Å². The Kier molecular flexibility index (Phi) is 4.55. The van der Waals surface area contributed by atoms with Crippen molar-refractivity contribution < 1.29 is 14.6 Å². The number of aliphatic hydroxyl groups excluding tert-OH is 1. The summed E-state index contributed by atoms with van der Waals surface area (Å²) in [5.41, 5.74) is 4.41. The van der Waals surface area contributed by atoms with Gasteiger partial charge < -0.3 is 15.6 Å². The lowest BCUT2D eigenvalue weighted by atomic mass is 9.88. The average Bonchev–Trinajstić information content (AvgIpc) is 2.00. The summed E-state index contributed by atoms with van der Waals surface area (Å²) in [7, 11) is 0. The molecule has 0 aromatic rings. The Bertz CT molecular complexity index is 192. The minimum absolute atomic E-state index is 0.108. The topological polar surface area (TPSA) is 72.5 Å². The van der Waals surface area contributed by atoms with Crippen molar-refractivity contribution in [2.75, 3.05) is 13.2 Å². The molecule has 4 heteroatoms.